The fourth-order valence-electron chi connectivity index (χ4n) is 4.36. The minimum absolute atomic E-state index is 0.00388. The van der Waals surface area contributed by atoms with Gasteiger partial charge >= 0.3 is 0 Å². The van der Waals surface area contributed by atoms with E-state index in [0.29, 0.717) is 13.1 Å². The highest BCUT2D eigenvalue weighted by Crippen LogP contribution is 2.37. The zero-order chi connectivity index (χ0) is 22.6. The normalized spacial score (nSPS) is 15.3. The van der Waals surface area contributed by atoms with Gasteiger partial charge in [0.25, 0.3) is 0 Å². The first-order valence-electron chi connectivity index (χ1n) is 11.1. The Bertz CT molecular complexity index is 1130. The van der Waals surface area contributed by atoms with Gasteiger partial charge in [0.1, 0.15) is 0 Å². The summed E-state index contributed by atoms with van der Waals surface area (Å²) in [6.45, 7) is 8.14. The fraction of sp³-hybridized carbons (Fsp3) is 0.259. The molecule has 0 aliphatic carbocycles. The van der Waals surface area contributed by atoms with Crippen LogP contribution >= 0.6 is 0 Å². The molecule has 2 aliphatic heterocycles. The lowest BCUT2D eigenvalue weighted by Gasteiger charge is -2.30. The molecule has 3 aromatic carbocycles. The van der Waals surface area contributed by atoms with Crippen LogP contribution in [0.3, 0.4) is 0 Å². The molecule has 2 atom stereocenters. The van der Waals surface area contributed by atoms with Crippen molar-refractivity contribution in [1.82, 2.24) is 10.6 Å². The van der Waals surface area contributed by atoms with Crippen molar-refractivity contribution in [1.29, 1.82) is 0 Å². The molecule has 33 heavy (non-hydrogen) atoms. The van der Waals surface area contributed by atoms with Crippen LogP contribution in [0, 0.1) is 0 Å². The van der Waals surface area contributed by atoms with E-state index in [0.717, 1.165) is 39.7 Å². The van der Waals surface area contributed by atoms with Crippen LogP contribution in [0.2, 0.25) is 0 Å². The van der Waals surface area contributed by atoms with Gasteiger partial charge in [-0.05, 0) is 24.6 Å². The van der Waals surface area contributed by atoms with Gasteiger partial charge in [0.15, 0.2) is 23.0 Å². The Hall–Kier alpha value is -3.48. The van der Waals surface area contributed by atoms with Crippen molar-refractivity contribution in [3.63, 3.8) is 0 Å². The van der Waals surface area contributed by atoms with Crippen LogP contribution in [0.25, 0.3) is 0 Å². The largest absolute Gasteiger partial charge is 0.454 e. The molecule has 0 bridgehead atoms. The van der Waals surface area contributed by atoms with Crippen molar-refractivity contribution >= 4 is 0 Å². The second-order valence-corrected chi connectivity index (χ2v) is 8.28. The topological polar surface area (TPSA) is 61.0 Å². The smallest absolute Gasteiger partial charge is 0.231 e. The first-order chi connectivity index (χ1) is 16.2. The van der Waals surface area contributed by atoms with E-state index >= 15 is 0 Å². The first kappa shape index (κ1) is 21.4. The third-order valence-corrected chi connectivity index (χ3v) is 6.00. The third kappa shape index (κ3) is 4.53. The van der Waals surface area contributed by atoms with Gasteiger partial charge in [-0.3, -0.25) is 0 Å². The van der Waals surface area contributed by atoms with Crippen LogP contribution in [0.4, 0.5) is 0 Å². The van der Waals surface area contributed by atoms with E-state index in [9.17, 15) is 0 Å². The van der Waals surface area contributed by atoms with Crippen molar-refractivity contribution in [3.8, 4) is 23.0 Å². The number of fused-ring (bicyclic) bond motifs is 2. The Labute approximate surface area is 194 Å². The molecule has 0 unspecified atom stereocenters. The SMILES string of the molecule is C=C(C)[C@H](NCc1cccc2c1OCO2)[C@@H](NCc1cccc2c1OCO2)c1ccccc1. The molecule has 0 saturated carbocycles. The Balaban J connectivity index is 1.38. The number of benzene rings is 3. The molecule has 0 saturated heterocycles. The Kier molecular flexibility index (Phi) is 6.19. The van der Waals surface area contributed by atoms with E-state index in [2.05, 4.69) is 60.5 Å². The van der Waals surface area contributed by atoms with E-state index in [1.165, 1.54) is 5.56 Å². The number of ether oxygens (including phenoxy) is 4. The van der Waals surface area contributed by atoms with Crippen molar-refractivity contribution in [2.24, 2.45) is 0 Å². The maximum atomic E-state index is 5.70. The van der Waals surface area contributed by atoms with E-state index in [1.807, 2.05) is 30.3 Å². The molecule has 6 nitrogen and oxygen atoms in total. The van der Waals surface area contributed by atoms with Crippen molar-refractivity contribution in [3.05, 3.63) is 95.6 Å². The van der Waals surface area contributed by atoms with Crippen LogP contribution < -0.4 is 29.6 Å². The average Bonchev–Trinajstić information content (AvgIpc) is 3.51. The van der Waals surface area contributed by atoms with Crippen LogP contribution in [0.5, 0.6) is 23.0 Å². The number of hydrogen-bond acceptors (Lipinski definition) is 6. The predicted molar refractivity (Wildman–Crippen MR) is 127 cm³/mol. The van der Waals surface area contributed by atoms with Gasteiger partial charge < -0.3 is 29.6 Å². The predicted octanol–water partition coefficient (Wildman–Crippen LogP) is 4.71. The van der Waals surface area contributed by atoms with Crippen LogP contribution in [-0.2, 0) is 13.1 Å². The summed E-state index contributed by atoms with van der Waals surface area (Å²) >= 11 is 0. The summed E-state index contributed by atoms with van der Waals surface area (Å²) in [7, 11) is 0. The van der Waals surface area contributed by atoms with Crippen LogP contribution in [0.15, 0.2) is 78.9 Å². The van der Waals surface area contributed by atoms with Gasteiger partial charge in [-0.2, -0.15) is 0 Å². The second-order valence-electron chi connectivity index (χ2n) is 8.28. The van der Waals surface area contributed by atoms with Crippen LogP contribution in [-0.4, -0.2) is 19.6 Å². The van der Waals surface area contributed by atoms with Gasteiger partial charge in [0.05, 0.1) is 6.04 Å². The minimum atomic E-state index is -0.0143. The Morgan fingerprint density at radius 2 is 1.33 bits per heavy atom. The highest BCUT2D eigenvalue weighted by atomic mass is 16.7. The Morgan fingerprint density at radius 3 is 1.91 bits per heavy atom. The third-order valence-electron chi connectivity index (χ3n) is 6.00. The summed E-state index contributed by atoms with van der Waals surface area (Å²) in [6, 6.07) is 22.4. The Morgan fingerprint density at radius 1 is 0.758 bits per heavy atom. The molecule has 3 aromatic rings. The summed E-state index contributed by atoms with van der Waals surface area (Å²) in [6.07, 6.45) is 0. The molecule has 0 fully saturated rings. The summed E-state index contributed by atoms with van der Waals surface area (Å²) in [5.41, 5.74) is 4.35. The molecule has 2 aliphatic rings. The molecule has 0 spiro atoms. The number of nitrogens with one attached hydrogen (secondary N) is 2. The molecule has 2 heterocycles. The molecule has 6 heteroatoms. The molecule has 0 radical (unpaired) electrons. The maximum absolute atomic E-state index is 5.70. The first-order valence-corrected chi connectivity index (χ1v) is 11.1. The molecule has 5 rings (SSSR count). The fourth-order valence-corrected chi connectivity index (χ4v) is 4.36. The second kappa shape index (κ2) is 9.57. The van der Waals surface area contributed by atoms with E-state index in [4.69, 9.17) is 18.9 Å². The average molecular weight is 445 g/mol. The van der Waals surface area contributed by atoms with E-state index in [1.54, 1.807) is 0 Å². The standard InChI is InChI=1S/C27H28N2O4/c1-18(2)24(28-14-20-10-6-12-22-26(20)32-16-30-22)25(19-8-4-3-5-9-19)29-15-21-11-7-13-23-27(21)33-17-31-23/h3-13,24-25,28-29H,1,14-17H2,2H3/t24-,25-/m0/s1. The lowest BCUT2D eigenvalue weighted by Crippen LogP contribution is -2.42. The molecular weight excluding hydrogens is 416 g/mol. The van der Waals surface area contributed by atoms with Gasteiger partial charge in [0, 0.05) is 30.3 Å². The summed E-state index contributed by atoms with van der Waals surface area (Å²) < 4.78 is 22.5. The molecule has 2 N–H and O–H groups in total. The quantitative estimate of drug-likeness (QED) is 0.466. The highest BCUT2D eigenvalue weighted by molar-refractivity contribution is 5.49. The molecular formula is C27H28N2O4. The number of hydrogen-bond donors (Lipinski definition) is 2. The lowest BCUT2D eigenvalue weighted by atomic mass is 9.94. The van der Waals surface area contributed by atoms with Gasteiger partial charge in [0.2, 0.25) is 13.6 Å². The van der Waals surface area contributed by atoms with E-state index in [-0.39, 0.29) is 25.7 Å². The molecule has 0 amide bonds. The summed E-state index contributed by atoms with van der Waals surface area (Å²) in [5.74, 6) is 3.21. The monoisotopic (exact) mass is 444 g/mol. The summed E-state index contributed by atoms with van der Waals surface area (Å²) in [4.78, 5) is 0. The maximum Gasteiger partial charge on any atom is 0.231 e. The van der Waals surface area contributed by atoms with E-state index < -0.39 is 0 Å². The van der Waals surface area contributed by atoms with Gasteiger partial charge in [-0.25, -0.2) is 0 Å². The van der Waals surface area contributed by atoms with Gasteiger partial charge in [-0.1, -0.05) is 66.7 Å². The minimum Gasteiger partial charge on any atom is -0.454 e. The molecule has 170 valence electrons. The van der Waals surface area contributed by atoms with Gasteiger partial charge in [-0.15, -0.1) is 0 Å². The summed E-state index contributed by atoms with van der Waals surface area (Å²) in [5, 5.41) is 7.44. The molecule has 0 aromatic heterocycles. The van der Waals surface area contributed by atoms with Crippen molar-refractivity contribution < 1.29 is 18.9 Å². The highest BCUT2D eigenvalue weighted by Gasteiger charge is 2.26. The van der Waals surface area contributed by atoms with Crippen molar-refractivity contribution in [2.45, 2.75) is 32.1 Å². The number of rotatable bonds is 9. The number of para-hydroxylation sites is 2. The zero-order valence-electron chi connectivity index (χ0n) is 18.7. The van der Waals surface area contributed by atoms with Crippen molar-refractivity contribution in [2.75, 3.05) is 13.6 Å². The van der Waals surface area contributed by atoms with Crippen LogP contribution in [0.1, 0.15) is 29.7 Å². The zero-order valence-corrected chi connectivity index (χ0v) is 18.7. The lowest BCUT2D eigenvalue weighted by molar-refractivity contribution is 0.172.